The van der Waals surface area contributed by atoms with E-state index in [-0.39, 0.29) is 5.82 Å². The van der Waals surface area contributed by atoms with Gasteiger partial charge in [0.25, 0.3) is 0 Å². The third-order valence-electron chi connectivity index (χ3n) is 3.11. The number of hydrogen-bond donors (Lipinski definition) is 0. The van der Waals surface area contributed by atoms with Gasteiger partial charge in [0.2, 0.25) is 0 Å². The Labute approximate surface area is 98.4 Å². The summed E-state index contributed by atoms with van der Waals surface area (Å²) in [6, 6.07) is 6.07. The van der Waals surface area contributed by atoms with Gasteiger partial charge in [0, 0.05) is 12.6 Å². The Hall–Kier alpha value is -0.410. The molecule has 0 atom stereocenters. The normalized spacial score (nSPS) is 16.8. The summed E-state index contributed by atoms with van der Waals surface area (Å²) < 4.78 is 13.8. The fraction of sp³-hybridized carbons (Fsp3) is 0.500. The smallest absolute Gasteiger partial charge is 0.137 e. The molecule has 0 bridgehead atoms. The average Bonchev–Trinajstić information content (AvgIpc) is 2.08. The maximum Gasteiger partial charge on any atom is 0.137 e. The monoisotopic (exact) mass is 271 g/mol. The lowest BCUT2D eigenvalue weighted by molar-refractivity contribution is 0.152. The van der Waals surface area contributed by atoms with Crippen molar-refractivity contribution >= 4 is 15.9 Å². The molecule has 0 heterocycles. The molecule has 1 fully saturated rings. The van der Waals surface area contributed by atoms with Crippen LogP contribution in [0.2, 0.25) is 0 Å². The van der Waals surface area contributed by atoms with Gasteiger partial charge in [-0.05, 0) is 53.5 Å². The van der Waals surface area contributed by atoms with Crippen LogP contribution in [-0.4, -0.2) is 18.0 Å². The summed E-state index contributed by atoms with van der Waals surface area (Å²) >= 11 is 3.16. The molecule has 1 saturated carbocycles. The van der Waals surface area contributed by atoms with Crippen molar-refractivity contribution in [1.82, 2.24) is 4.90 Å². The van der Waals surface area contributed by atoms with Gasteiger partial charge >= 0.3 is 0 Å². The van der Waals surface area contributed by atoms with Gasteiger partial charge in [-0.25, -0.2) is 4.39 Å². The van der Waals surface area contributed by atoms with Crippen LogP contribution in [0.4, 0.5) is 4.39 Å². The van der Waals surface area contributed by atoms with Crippen LogP contribution in [0.3, 0.4) is 0 Å². The molecular formula is C12H15BrFN. The van der Waals surface area contributed by atoms with Gasteiger partial charge in [-0.2, -0.15) is 0 Å². The van der Waals surface area contributed by atoms with Crippen LogP contribution in [-0.2, 0) is 6.54 Å². The maximum atomic E-state index is 13.3. The van der Waals surface area contributed by atoms with Gasteiger partial charge in [0.15, 0.2) is 0 Å². The molecule has 0 amide bonds. The molecule has 1 aromatic rings. The summed E-state index contributed by atoms with van der Waals surface area (Å²) in [4.78, 5) is 2.31. The zero-order valence-corrected chi connectivity index (χ0v) is 10.4. The van der Waals surface area contributed by atoms with E-state index in [9.17, 15) is 4.39 Å². The van der Waals surface area contributed by atoms with E-state index in [2.05, 4.69) is 27.9 Å². The number of halogens is 2. The largest absolute Gasteiger partial charge is 0.299 e. The van der Waals surface area contributed by atoms with Crippen LogP contribution in [0, 0.1) is 5.82 Å². The van der Waals surface area contributed by atoms with E-state index in [0.29, 0.717) is 10.5 Å². The predicted molar refractivity (Wildman–Crippen MR) is 63.2 cm³/mol. The number of nitrogens with zero attached hydrogens (tertiary/aromatic N) is 1. The van der Waals surface area contributed by atoms with Crippen LogP contribution in [0.15, 0.2) is 22.7 Å². The van der Waals surface area contributed by atoms with Crippen LogP contribution in [0.25, 0.3) is 0 Å². The zero-order chi connectivity index (χ0) is 10.8. The van der Waals surface area contributed by atoms with Gasteiger partial charge in [0.1, 0.15) is 5.82 Å². The average molecular weight is 272 g/mol. The van der Waals surface area contributed by atoms with E-state index in [1.54, 1.807) is 12.1 Å². The second-order valence-corrected chi connectivity index (χ2v) is 5.10. The molecule has 0 unspecified atom stereocenters. The molecule has 1 aliphatic rings. The second-order valence-electron chi connectivity index (χ2n) is 4.25. The Kier molecular flexibility index (Phi) is 3.42. The molecule has 0 aromatic heterocycles. The van der Waals surface area contributed by atoms with Crippen molar-refractivity contribution in [3.63, 3.8) is 0 Å². The minimum atomic E-state index is -0.172. The first-order valence-electron chi connectivity index (χ1n) is 5.31. The van der Waals surface area contributed by atoms with Crippen LogP contribution < -0.4 is 0 Å². The molecule has 0 aliphatic heterocycles. The summed E-state index contributed by atoms with van der Waals surface area (Å²) in [5.41, 5.74) is 1.05. The van der Waals surface area contributed by atoms with Crippen LogP contribution in [0.1, 0.15) is 24.8 Å². The molecule has 3 heteroatoms. The summed E-state index contributed by atoms with van der Waals surface area (Å²) in [5, 5.41) is 0. The minimum Gasteiger partial charge on any atom is -0.299 e. The quantitative estimate of drug-likeness (QED) is 0.813. The number of hydrogen-bond acceptors (Lipinski definition) is 1. The predicted octanol–water partition coefficient (Wildman–Crippen LogP) is 3.57. The van der Waals surface area contributed by atoms with Gasteiger partial charge < -0.3 is 0 Å². The van der Waals surface area contributed by atoms with E-state index < -0.39 is 0 Å². The number of benzene rings is 1. The SMILES string of the molecule is CN(Cc1ccc(Br)c(F)c1)C1CCC1. The van der Waals surface area contributed by atoms with E-state index in [0.717, 1.165) is 12.1 Å². The zero-order valence-electron chi connectivity index (χ0n) is 8.84. The molecule has 0 N–H and O–H groups in total. The fourth-order valence-corrected chi connectivity index (χ4v) is 2.13. The Balaban J connectivity index is 2.00. The molecule has 2 rings (SSSR count). The van der Waals surface area contributed by atoms with Crippen molar-refractivity contribution in [3.8, 4) is 0 Å². The topological polar surface area (TPSA) is 3.24 Å². The van der Waals surface area contributed by atoms with Gasteiger partial charge in [0.05, 0.1) is 4.47 Å². The Morgan fingerprint density at radius 2 is 2.20 bits per heavy atom. The second kappa shape index (κ2) is 4.62. The third kappa shape index (κ3) is 2.58. The summed E-state index contributed by atoms with van der Waals surface area (Å²) in [6.07, 6.45) is 3.91. The molecule has 0 radical (unpaired) electrons. The van der Waals surface area contributed by atoms with E-state index in [1.807, 2.05) is 6.07 Å². The Morgan fingerprint density at radius 3 is 2.73 bits per heavy atom. The van der Waals surface area contributed by atoms with Crippen molar-refractivity contribution in [2.24, 2.45) is 0 Å². The fourth-order valence-electron chi connectivity index (χ4n) is 1.88. The highest BCUT2D eigenvalue weighted by atomic mass is 79.9. The maximum absolute atomic E-state index is 13.3. The first kappa shape index (κ1) is 11.1. The van der Waals surface area contributed by atoms with E-state index in [4.69, 9.17) is 0 Å². The number of rotatable bonds is 3. The molecule has 1 nitrogen and oxygen atoms in total. The molecule has 82 valence electrons. The van der Waals surface area contributed by atoms with E-state index >= 15 is 0 Å². The summed E-state index contributed by atoms with van der Waals surface area (Å²) in [7, 11) is 2.11. The highest BCUT2D eigenvalue weighted by Crippen LogP contribution is 2.25. The Morgan fingerprint density at radius 1 is 1.47 bits per heavy atom. The lowest BCUT2D eigenvalue weighted by Gasteiger charge is -2.34. The van der Waals surface area contributed by atoms with Crippen molar-refractivity contribution in [3.05, 3.63) is 34.1 Å². The standard InChI is InChI=1S/C12H15BrFN/c1-15(10-3-2-4-10)8-9-5-6-11(13)12(14)7-9/h5-7,10H,2-4,8H2,1H3. The summed E-state index contributed by atoms with van der Waals surface area (Å²) in [5.74, 6) is -0.172. The van der Waals surface area contributed by atoms with Crippen molar-refractivity contribution in [1.29, 1.82) is 0 Å². The highest BCUT2D eigenvalue weighted by molar-refractivity contribution is 9.10. The van der Waals surface area contributed by atoms with Gasteiger partial charge in [-0.1, -0.05) is 12.5 Å². The molecule has 0 saturated heterocycles. The van der Waals surface area contributed by atoms with Gasteiger partial charge in [-0.3, -0.25) is 4.90 Å². The summed E-state index contributed by atoms with van der Waals surface area (Å²) in [6.45, 7) is 0.842. The third-order valence-corrected chi connectivity index (χ3v) is 3.76. The molecular weight excluding hydrogens is 257 g/mol. The Bertz CT molecular complexity index is 349. The lowest BCUT2D eigenvalue weighted by Crippen LogP contribution is -2.36. The first-order valence-corrected chi connectivity index (χ1v) is 6.10. The van der Waals surface area contributed by atoms with Crippen molar-refractivity contribution < 1.29 is 4.39 Å². The van der Waals surface area contributed by atoms with Crippen molar-refractivity contribution in [2.45, 2.75) is 31.8 Å². The van der Waals surface area contributed by atoms with Gasteiger partial charge in [-0.15, -0.1) is 0 Å². The lowest BCUT2D eigenvalue weighted by atomic mass is 9.91. The molecule has 0 spiro atoms. The molecule has 15 heavy (non-hydrogen) atoms. The molecule has 1 aliphatic carbocycles. The molecule has 1 aromatic carbocycles. The first-order chi connectivity index (χ1) is 7.16. The van der Waals surface area contributed by atoms with Crippen molar-refractivity contribution in [2.75, 3.05) is 7.05 Å². The highest BCUT2D eigenvalue weighted by Gasteiger charge is 2.21. The van der Waals surface area contributed by atoms with Crippen LogP contribution >= 0.6 is 15.9 Å². The van der Waals surface area contributed by atoms with Crippen LogP contribution in [0.5, 0.6) is 0 Å². The van der Waals surface area contributed by atoms with E-state index in [1.165, 1.54) is 19.3 Å². The minimum absolute atomic E-state index is 0.172.